The fourth-order valence-corrected chi connectivity index (χ4v) is 0. The lowest BCUT2D eigenvalue weighted by Crippen LogP contribution is -1.33. The van der Waals surface area contributed by atoms with E-state index in [1.165, 1.54) is 0 Å². The highest BCUT2D eigenvalue weighted by Crippen LogP contribution is 1.31. The van der Waals surface area contributed by atoms with Crippen molar-refractivity contribution in [3.8, 4) is 11.7 Å². The molecule has 0 saturated heterocycles. The monoisotopic (exact) mass is 73.0 g/mol. The maximum absolute atomic E-state index is 8.98. The van der Waals surface area contributed by atoms with Crippen LogP contribution in [0.25, 0.3) is 0 Å². The van der Waals surface area contributed by atoms with Gasteiger partial charge in [0.05, 0.1) is 4.21 Å². The number of hydrogen-bond donors (Lipinski definition) is 0. The third kappa shape index (κ3) is 1.58. The Morgan fingerprint density at radius 3 is 2.25 bits per heavy atom. The maximum Gasteiger partial charge on any atom is 0.567 e. The number of rotatable bonds is 0. The molecule has 0 fully saturated rings. The molecule has 0 aromatic heterocycles. The van der Waals surface area contributed by atoms with Gasteiger partial charge < -0.3 is 0 Å². The molecule has 2 heteroatoms. The summed E-state index contributed by atoms with van der Waals surface area (Å²) in [4.78, 5) is 0. The highest BCUT2D eigenvalue weighted by molar-refractivity contribution is 7.70. The Morgan fingerprint density at radius 1 is 2.00 bits per heavy atom. The van der Waals surface area contributed by atoms with E-state index < -0.39 is 0 Å². The van der Waals surface area contributed by atoms with Crippen molar-refractivity contribution in [1.29, 1.82) is 0 Å². The smallest absolute Gasteiger partial charge is 0.0474 e. The van der Waals surface area contributed by atoms with E-state index in [9.17, 15) is 0 Å². The van der Waals surface area contributed by atoms with Crippen molar-refractivity contribution < 1.29 is 4.21 Å². The van der Waals surface area contributed by atoms with Crippen molar-refractivity contribution in [3.05, 3.63) is 0 Å². The van der Waals surface area contributed by atoms with Gasteiger partial charge >= 0.3 is 11.7 Å². The Labute approximate surface area is 28.5 Å². The molecule has 0 aliphatic heterocycles. The minimum absolute atomic E-state index is 0.134. The Balaban J connectivity index is 2.92. The van der Waals surface area contributed by atoms with Crippen LogP contribution >= 0.6 is 0 Å². The number of hydrogen-bond acceptors (Lipinski definition) is 1. The molecule has 1 nitrogen and oxygen atoms in total. The molecule has 0 aliphatic rings. The molecule has 4 heavy (non-hydrogen) atoms. The largest absolute Gasteiger partial charge is 0.567 e. The van der Waals surface area contributed by atoms with Gasteiger partial charge in [0.1, 0.15) is 0 Å². The highest BCUT2D eigenvalue weighted by atomic mass is 32.1. The first-order valence-electron chi connectivity index (χ1n) is 0.659. The fourth-order valence-electron chi connectivity index (χ4n) is 0. The van der Waals surface area contributed by atoms with Gasteiger partial charge in [0.2, 0.25) is 0 Å². The third-order valence-electron chi connectivity index (χ3n) is 0.0481. The average molecular weight is 73.1 g/mol. The summed E-state index contributed by atoms with van der Waals surface area (Å²) in [7, 11) is 0. The molecule has 0 unspecified atom stereocenters. The normalized spacial score (nSPS) is 3.75. The summed E-state index contributed by atoms with van der Waals surface area (Å²) in [5.41, 5.74) is 0. The summed E-state index contributed by atoms with van der Waals surface area (Å²) in [6.45, 7) is 0. The summed E-state index contributed by atoms with van der Waals surface area (Å²) in [5.74, 6) is 0. The van der Waals surface area contributed by atoms with Crippen molar-refractivity contribution in [2.75, 3.05) is 0 Å². The summed E-state index contributed by atoms with van der Waals surface area (Å²) < 4.78 is 8.98. The van der Waals surface area contributed by atoms with E-state index in [0.29, 0.717) is 0 Å². The Hall–Kier alpha value is -0.420. The molecular formula is C2HOS+. The first-order valence-corrected chi connectivity index (χ1v) is 1.40. The molecule has 0 radical (unpaired) electrons. The van der Waals surface area contributed by atoms with E-state index in [2.05, 4.69) is 6.42 Å². The van der Waals surface area contributed by atoms with Gasteiger partial charge in [-0.15, -0.1) is 0 Å². The molecule has 0 spiro atoms. The summed E-state index contributed by atoms with van der Waals surface area (Å²) in [6, 6.07) is 0. The molecule has 0 amide bonds. The summed E-state index contributed by atoms with van der Waals surface area (Å²) in [6.07, 6.45) is 4.43. The lowest BCUT2D eigenvalue weighted by atomic mass is 11.4. The zero-order valence-electron chi connectivity index (χ0n) is 1.89. The Bertz CT molecular complexity index is 51.5. The van der Waals surface area contributed by atoms with Crippen molar-refractivity contribution in [1.82, 2.24) is 0 Å². The van der Waals surface area contributed by atoms with Gasteiger partial charge in [-0.05, 0) is 6.42 Å². The van der Waals surface area contributed by atoms with Gasteiger partial charge in [0, 0.05) is 0 Å². The van der Waals surface area contributed by atoms with Gasteiger partial charge in [-0.25, -0.2) is 0 Å². The van der Waals surface area contributed by atoms with Gasteiger partial charge in [-0.1, -0.05) is 0 Å². The van der Waals surface area contributed by atoms with E-state index in [1.54, 1.807) is 5.25 Å². The second-order valence-electron chi connectivity index (χ2n) is 0.201. The van der Waals surface area contributed by atoms with Crippen LogP contribution in [0, 0.1) is 11.7 Å². The molecular weight excluding hydrogens is 72.1 g/mol. The van der Waals surface area contributed by atoms with Crippen LogP contribution in [-0.4, -0.2) is 0 Å². The zero-order valence-corrected chi connectivity index (χ0v) is 2.71. The van der Waals surface area contributed by atoms with Crippen LogP contribution in [0.5, 0.6) is 0 Å². The average Bonchev–Trinajstić information content (AvgIpc) is 1.37. The van der Waals surface area contributed by atoms with E-state index >= 15 is 0 Å². The predicted octanol–water partition coefficient (Wildman–Crippen LogP) is 0.00520. The Morgan fingerprint density at radius 2 is 2.25 bits per heavy atom. The summed E-state index contributed by atoms with van der Waals surface area (Å²) >= 11 is 0.134. The topological polar surface area (TPSA) is 17.1 Å². The van der Waals surface area contributed by atoms with Crippen LogP contribution in [-0.2, 0) is 15.9 Å². The van der Waals surface area contributed by atoms with E-state index in [0.717, 1.165) is 0 Å². The van der Waals surface area contributed by atoms with E-state index in [-0.39, 0.29) is 11.7 Å². The van der Waals surface area contributed by atoms with E-state index in [1.807, 2.05) is 0 Å². The SMILES string of the molecule is C#C[S+]=O. The molecule has 0 rings (SSSR count). The molecule has 0 aromatic rings. The van der Waals surface area contributed by atoms with Crippen LogP contribution in [0.4, 0.5) is 0 Å². The number of terminal acetylenes is 1. The lowest BCUT2D eigenvalue weighted by Gasteiger charge is -0.988. The lowest BCUT2D eigenvalue weighted by molar-refractivity contribution is 0.609. The molecule has 0 atom stereocenters. The molecule has 0 heterocycles. The zero-order chi connectivity index (χ0) is 3.41. The summed E-state index contributed by atoms with van der Waals surface area (Å²) in [5, 5.41) is 1.79. The van der Waals surface area contributed by atoms with Crippen LogP contribution < -0.4 is 0 Å². The van der Waals surface area contributed by atoms with Gasteiger partial charge in [-0.2, -0.15) is 0 Å². The van der Waals surface area contributed by atoms with Crippen LogP contribution in [0.2, 0.25) is 0 Å². The minimum atomic E-state index is 0.134. The standard InChI is InChI=1S/C2HOS/c1-2-4-3/h1H/q+1. The van der Waals surface area contributed by atoms with Crippen molar-refractivity contribution in [2.24, 2.45) is 0 Å². The van der Waals surface area contributed by atoms with Gasteiger partial charge in [0.15, 0.2) is 0 Å². The second kappa shape index (κ2) is 2.58. The Kier molecular flexibility index (Phi) is 2.31. The first kappa shape index (κ1) is 3.58. The van der Waals surface area contributed by atoms with E-state index in [4.69, 9.17) is 4.21 Å². The molecule has 0 aliphatic carbocycles. The molecule has 20 valence electrons. The van der Waals surface area contributed by atoms with Crippen LogP contribution in [0.1, 0.15) is 0 Å². The van der Waals surface area contributed by atoms with Crippen LogP contribution in [0.3, 0.4) is 0 Å². The third-order valence-corrected chi connectivity index (χ3v) is 0.144. The van der Waals surface area contributed by atoms with Gasteiger partial charge in [-0.3, -0.25) is 0 Å². The van der Waals surface area contributed by atoms with Crippen molar-refractivity contribution in [2.45, 2.75) is 0 Å². The van der Waals surface area contributed by atoms with Crippen molar-refractivity contribution in [3.63, 3.8) is 0 Å². The van der Waals surface area contributed by atoms with Gasteiger partial charge in [0.25, 0.3) is 5.25 Å². The second-order valence-corrected chi connectivity index (χ2v) is 0.604. The highest BCUT2D eigenvalue weighted by Gasteiger charge is 1.70. The first-order chi connectivity index (χ1) is 1.91. The van der Waals surface area contributed by atoms with Crippen molar-refractivity contribution >= 4 is 11.7 Å². The van der Waals surface area contributed by atoms with Crippen LogP contribution in [0.15, 0.2) is 0 Å². The molecule has 0 aromatic carbocycles. The molecule has 0 saturated carbocycles. The molecule has 0 bridgehead atoms. The minimum Gasteiger partial charge on any atom is -0.0474 e. The molecule has 0 N–H and O–H groups in total. The fraction of sp³-hybridized carbons (Fsp3) is 0. The quantitative estimate of drug-likeness (QED) is 0.291. The predicted molar refractivity (Wildman–Crippen MR) is 16.9 cm³/mol. The maximum atomic E-state index is 8.98.